The monoisotopic (exact) mass is 444 g/mol. The van der Waals surface area contributed by atoms with Gasteiger partial charge in [-0.15, -0.1) is 5.10 Å². The van der Waals surface area contributed by atoms with Gasteiger partial charge in [0.05, 0.1) is 19.2 Å². The predicted molar refractivity (Wildman–Crippen MR) is 126 cm³/mol. The first-order valence-corrected chi connectivity index (χ1v) is 11.4. The Morgan fingerprint density at radius 3 is 2.85 bits per heavy atom. The molecular weight excluding hydrogens is 416 g/mol. The molecule has 2 aromatic heterocycles. The van der Waals surface area contributed by atoms with Crippen LogP contribution >= 0.6 is 0 Å². The molecule has 1 aliphatic rings. The van der Waals surface area contributed by atoms with Crippen LogP contribution in [0.2, 0.25) is 0 Å². The van der Waals surface area contributed by atoms with Gasteiger partial charge in [0.25, 0.3) is 5.56 Å². The molecule has 1 fully saturated rings. The molecular formula is C25H28N6O2. The van der Waals surface area contributed by atoms with E-state index in [1.54, 1.807) is 0 Å². The van der Waals surface area contributed by atoms with Crippen molar-refractivity contribution in [2.24, 2.45) is 0 Å². The summed E-state index contributed by atoms with van der Waals surface area (Å²) in [6, 6.07) is 18.2. The zero-order chi connectivity index (χ0) is 22.6. The fraction of sp³-hybridized carbons (Fsp3) is 0.360. The van der Waals surface area contributed by atoms with E-state index in [-0.39, 0.29) is 11.7 Å². The molecule has 4 aromatic rings. The van der Waals surface area contributed by atoms with Gasteiger partial charge in [0.2, 0.25) is 0 Å². The highest BCUT2D eigenvalue weighted by Gasteiger charge is 2.22. The van der Waals surface area contributed by atoms with E-state index >= 15 is 0 Å². The number of aryl methyl sites for hydroxylation is 1. The summed E-state index contributed by atoms with van der Waals surface area (Å²) in [5.74, 6) is 0.768. The van der Waals surface area contributed by atoms with Gasteiger partial charge in [0, 0.05) is 30.8 Å². The molecule has 2 aromatic carbocycles. The van der Waals surface area contributed by atoms with Crippen molar-refractivity contribution in [3.05, 3.63) is 87.5 Å². The minimum atomic E-state index is -0.0608. The number of H-pyrrole nitrogens is 1. The highest BCUT2D eigenvalue weighted by molar-refractivity contribution is 5.79. The van der Waals surface area contributed by atoms with Gasteiger partial charge in [-0.1, -0.05) is 42.5 Å². The normalized spacial score (nSPS) is 16.1. The number of aromatic nitrogens is 5. The van der Waals surface area contributed by atoms with Crippen LogP contribution in [0.5, 0.6) is 0 Å². The topological polar surface area (TPSA) is 88.9 Å². The maximum Gasteiger partial charge on any atom is 0.252 e. The Morgan fingerprint density at radius 2 is 2.03 bits per heavy atom. The molecule has 0 spiro atoms. The summed E-state index contributed by atoms with van der Waals surface area (Å²) >= 11 is 0. The minimum absolute atomic E-state index is 0.0608. The van der Waals surface area contributed by atoms with Crippen LogP contribution in [0.15, 0.2) is 59.4 Å². The molecule has 8 nitrogen and oxygen atoms in total. The van der Waals surface area contributed by atoms with E-state index in [9.17, 15) is 4.79 Å². The second kappa shape index (κ2) is 9.64. The van der Waals surface area contributed by atoms with E-state index in [2.05, 4.69) is 49.7 Å². The van der Waals surface area contributed by atoms with Crippen molar-refractivity contribution in [2.75, 3.05) is 13.2 Å². The van der Waals surface area contributed by atoms with Crippen molar-refractivity contribution >= 4 is 10.9 Å². The molecule has 8 heteroatoms. The molecule has 0 unspecified atom stereocenters. The number of pyridine rings is 1. The van der Waals surface area contributed by atoms with Crippen LogP contribution < -0.4 is 5.56 Å². The van der Waals surface area contributed by atoms with Crippen LogP contribution in [0.25, 0.3) is 10.9 Å². The summed E-state index contributed by atoms with van der Waals surface area (Å²) in [5, 5.41) is 13.4. The molecule has 0 bridgehead atoms. The quantitative estimate of drug-likeness (QED) is 0.449. The van der Waals surface area contributed by atoms with Gasteiger partial charge in [0.15, 0.2) is 5.82 Å². The van der Waals surface area contributed by atoms with Crippen LogP contribution in [-0.2, 0) is 24.4 Å². The lowest BCUT2D eigenvalue weighted by Crippen LogP contribution is -2.34. The molecule has 5 rings (SSSR count). The van der Waals surface area contributed by atoms with E-state index in [4.69, 9.17) is 4.74 Å². The van der Waals surface area contributed by atoms with E-state index in [1.807, 2.05) is 41.9 Å². The summed E-state index contributed by atoms with van der Waals surface area (Å²) in [4.78, 5) is 18.1. The average molecular weight is 445 g/mol. The molecule has 3 heterocycles. The highest BCUT2D eigenvalue weighted by Crippen LogP contribution is 2.18. The molecule has 1 aliphatic heterocycles. The first-order valence-electron chi connectivity index (χ1n) is 11.4. The van der Waals surface area contributed by atoms with Gasteiger partial charge < -0.3 is 9.72 Å². The number of aromatic amines is 1. The Hall–Kier alpha value is -3.36. The van der Waals surface area contributed by atoms with Gasteiger partial charge in [-0.05, 0) is 58.8 Å². The smallest absolute Gasteiger partial charge is 0.252 e. The second-order valence-electron chi connectivity index (χ2n) is 8.76. The lowest BCUT2D eigenvalue weighted by molar-refractivity contribution is 0.0663. The van der Waals surface area contributed by atoms with Crippen molar-refractivity contribution < 1.29 is 4.74 Å². The Bertz CT molecular complexity index is 1280. The molecule has 0 radical (unpaired) electrons. The van der Waals surface area contributed by atoms with E-state index < -0.39 is 0 Å². The van der Waals surface area contributed by atoms with E-state index in [0.29, 0.717) is 19.6 Å². The van der Waals surface area contributed by atoms with Crippen LogP contribution in [0.1, 0.15) is 35.4 Å². The zero-order valence-corrected chi connectivity index (χ0v) is 18.8. The Kier molecular flexibility index (Phi) is 6.28. The van der Waals surface area contributed by atoms with Crippen molar-refractivity contribution in [1.29, 1.82) is 0 Å². The molecule has 33 heavy (non-hydrogen) atoms. The van der Waals surface area contributed by atoms with E-state index in [0.717, 1.165) is 59.4 Å². The maximum atomic E-state index is 12.9. The number of rotatable bonds is 8. The van der Waals surface area contributed by atoms with Crippen molar-refractivity contribution in [3.63, 3.8) is 0 Å². The van der Waals surface area contributed by atoms with Gasteiger partial charge in [-0.3, -0.25) is 9.69 Å². The number of tetrazole rings is 1. The number of hydrogen-bond acceptors (Lipinski definition) is 6. The first-order chi connectivity index (χ1) is 16.1. The minimum Gasteiger partial charge on any atom is -0.377 e. The fourth-order valence-electron chi connectivity index (χ4n) is 4.40. The van der Waals surface area contributed by atoms with Crippen LogP contribution in [0, 0.1) is 6.92 Å². The summed E-state index contributed by atoms with van der Waals surface area (Å²) in [7, 11) is 0. The number of benzene rings is 2. The predicted octanol–water partition coefficient (Wildman–Crippen LogP) is 3.05. The van der Waals surface area contributed by atoms with Gasteiger partial charge in [-0.25, -0.2) is 4.68 Å². The van der Waals surface area contributed by atoms with Crippen LogP contribution in [0.4, 0.5) is 0 Å². The summed E-state index contributed by atoms with van der Waals surface area (Å²) < 4.78 is 7.72. The highest BCUT2D eigenvalue weighted by atomic mass is 16.5. The molecule has 1 atom stereocenters. The summed E-state index contributed by atoms with van der Waals surface area (Å²) in [5.41, 5.74) is 3.79. The third kappa shape index (κ3) is 5.18. The maximum absolute atomic E-state index is 12.9. The van der Waals surface area contributed by atoms with Crippen LogP contribution in [0.3, 0.4) is 0 Å². The van der Waals surface area contributed by atoms with Gasteiger partial charge in [0.1, 0.15) is 0 Å². The zero-order valence-electron chi connectivity index (χ0n) is 18.8. The Balaban J connectivity index is 1.40. The van der Waals surface area contributed by atoms with Crippen LogP contribution in [-0.4, -0.2) is 49.3 Å². The number of hydrogen-bond donors (Lipinski definition) is 1. The SMILES string of the molecule is Cc1ccc2cc(CN(Cc3nnnn3Cc3ccccc3)C[C@H]3CCCO3)c(=O)[nH]c2c1. The number of ether oxygens (including phenoxy) is 1. The second-order valence-corrected chi connectivity index (χ2v) is 8.76. The van der Waals surface area contributed by atoms with E-state index in [1.165, 1.54) is 0 Å². The molecule has 170 valence electrons. The fourth-order valence-corrected chi connectivity index (χ4v) is 4.40. The van der Waals surface area contributed by atoms with Gasteiger partial charge >= 0.3 is 0 Å². The standard InChI is InChI=1S/C25H28N6O2/c1-18-9-10-20-13-21(25(32)26-23(20)12-18)15-30(16-22-8-5-11-33-22)17-24-27-28-29-31(24)14-19-6-3-2-4-7-19/h2-4,6-7,9-10,12-13,22H,5,8,11,14-17H2,1H3,(H,26,32)/t22-/m1/s1. The molecule has 0 saturated carbocycles. The molecule has 1 N–H and O–H groups in total. The summed E-state index contributed by atoms with van der Waals surface area (Å²) in [6.07, 6.45) is 2.25. The largest absolute Gasteiger partial charge is 0.377 e. The lowest BCUT2D eigenvalue weighted by atomic mass is 10.1. The third-order valence-corrected chi connectivity index (χ3v) is 6.10. The molecule has 0 aliphatic carbocycles. The number of nitrogens with zero attached hydrogens (tertiary/aromatic N) is 5. The average Bonchev–Trinajstić information content (AvgIpc) is 3.47. The van der Waals surface area contributed by atoms with Crippen molar-refractivity contribution in [2.45, 2.75) is 45.5 Å². The Morgan fingerprint density at radius 1 is 1.15 bits per heavy atom. The first kappa shape index (κ1) is 21.5. The third-order valence-electron chi connectivity index (χ3n) is 6.10. The number of nitrogens with one attached hydrogen (secondary N) is 1. The van der Waals surface area contributed by atoms with Crippen molar-refractivity contribution in [1.82, 2.24) is 30.1 Å². The number of fused-ring (bicyclic) bond motifs is 1. The summed E-state index contributed by atoms with van der Waals surface area (Å²) in [6.45, 7) is 5.17. The molecule has 1 saturated heterocycles. The van der Waals surface area contributed by atoms with Crippen molar-refractivity contribution in [3.8, 4) is 0 Å². The lowest BCUT2D eigenvalue weighted by Gasteiger charge is -2.24. The molecule has 0 amide bonds. The Labute approximate surface area is 192 Å². The van der Waals surface area contributed by atoms with Gasteiger partial charge in [-0.2, -0.15) is 0 Å².